The second kappa shape index (κ2) is 8.47. The Labute approximate surface area is 207 Å². The molecule has 0 bridgehead atoms. The van der Waals surface area contributed by atoms with E-state index in [-0.39, 0.29) is 18.0 Å². The van der Waals surface area contributed by atoms with Crippen LogP contribution in [0.3, 0.4) is 0 Å². The maximum absolute atomic E-state index is 13.4. The molecule has 0 aliphatic rings. The quantitative estimate of drug-likeness (QED) is 0.245. The van der Waals surface area contributed by atoms with Crippen molar-refractivity contribution in [2.45, 2.75) is 6.61 Å². The first-order chi connectivity index (χ1) is 15.0. The molecule has 0 N–H and O–H groups in total. The van der Waals surface area contributed by atoms with Gasteiger partial charge < -0.3 is 4.74 Å². The minimum atomic E-state index is -0.279. The normalized spacial score (nSPS) is 12.2. The zero-order chi connectivity index (χ0) is 21.5. The minimum absolute atomic E-state index is 0.0647. The van der Waals surface area contributed by atoms with Gasteiger partial charge in [-0.2, -0.15) is 0 Å². The lowest BCUT2D eigenvalue weighted by Crippen LogP contribution is -2.22. The van der Waals surface area contributed by atoms with Crippen LogP contribution in [0, 0.1) is 13.0 Å². The van der Waals surface area contributed by atoms with Crippen molar-refractivity contribution >= 4 is 78.6 Å². The number of rotatable bonds is 4. The van der Waals surface area contributed by atoms with Gasteiger partial charge in [-0.05, 0) is 98.8 Å². The Morgan fingerprint density at radius 3 is 2.61 bits per heavy atom. The zero-order valence-corrected chi connectivity index (χ0v) is 20.9. The smallest absolute Gasteiger partial charge is 0.274 e. The first-order valence-corrected chi connectivity index (χ1v) is 12.2. The standard InChI is InChI=1S/C23H13FI2N2O2S/c24-15-5-3-4-13(8-15)12-30-21-16(25)9-14(10-17(21)26)11-20-22(29)28-19-7-2-1-6-18(19)27-23(28)31-20/h1-11H,12H2/b20-11-. The van der Waals surface area contributed by atoms with Crippen molar-refractivity contribution in [1.29, 1.82) is 0 Å². The monoisotopic (exact) mass is 654 g/mol. The van der Waals surface area contributed by atoms with Gasteiger partial charge in [0, 0.05) is 0 Å². The fraction of sp³-hybridized carbons (Fsp3) is 0.0435. The van der Waals surface area contributed by atoms with Crippen molar-refractivity contribution < 1.29 is 9.13 Å². The summed E-state index contributed by atoms with van der Waals surface area (Å²) in [5.74, 6) is 0.468. The largest absolute Gasteiger partial charge is 0.487 e. The van der Waals surface area contributed by atoms with Gasteiger partial charge in [-0.15, -0.1) is 0 Å². The van der Waals surface area contributed by atoms with Crippen LogP contribution in [0.25, 0.3) is 22.1 Å². The van der Waals surface area contributed by atoms with Crippen molar-refractivity contribution in [2.24, 2.45) is 0 Å². The van der Waals surface area contributed by atoms with Crippen LogP contribution in [0.2, 0.25) is 0 Å². The van der Waals surface area contributed by atoms with E-state index in [2.05, 4.69) is 50.2 Å². The average Bonchev–Trinajstić information content (AvgIpc) is 3.24. The van der Waals surface area contributed by atoms with Gasteiger partial charge in [0.2, 0.25) is 0 Å². The molecule has 0 aliphatic heterocycles. The van der Waals surface area contributed by atoms with Crippen LogP contribution in [0.4, 0.5) is 4.39 Å². The molecule has 0 saturated heterocycles. The number of hydrogen-bond acceptors (Lipinski definition) is 4. The Balaban J connectivity index is 1.49. The number of benzene rings is 3. The summed E-state index contributed by atoms with van der Waals surface area (Å²) in [5.41, 5.74) is 3.26. The minimum Gasteiger partial charge on any atom is -0.487 e. The number of fused-ring (bicyclic) bond motifs is 3. The van der Waals surface area contributed by atoms with Gasteiger partial charge in [0.25, 0.3) is 5.56 Å². The summed E-state index contributed by atoms with van der Waals surface area (Å²) in [6.07, 6.45) is 1.89. The topological polar surface area (TPSA) is 43.6 Å². The molecule has 154 valence electrons. The molecular weight excluding hydrogens is 641 g/mol. The predicted molar refractivity (Wildman–Crippen MR) is 138 cm³/mol. The molecule has 31 heavy (non-hydrogen) atoms. The molecule has 2 aromatic heterocycles. The van der Waals surface area contributed by atoms with E-state index in [1.807, 2.05) is 48.5 Å². The Bertz CT molecular complexity index is 1540. The van der Waals surface area contributed by atoms with Crippen molar-refractivity contribution in [2.75, 3.05) is 0 Å². The summed E-state index contributed by atoms with van der Waals surface area (Å²) >= 11 is 5.82. The van der Waals surface area contributed by atoms with E-state index >= 15 is 0 Å². The second-order valence-electron chi connectivity index (χ2n) is 6.87. The molecule has 0 atom stereocenters. The fourth-order valence-electron chi connectivity index (χ4n) is 3.35. The molecule has 8 heteroatoms. The van der Waals surface area contributed by atoms with E-state index in [1.54, 1.807) is 10.5 Å². The number of thiazole rings is 1. The molecule has 0 amide bonds. The third kappa shape index (κ3) is 4.08. The van der Waals surface area contributed by atoms with Gasteiger partial charge in [0.05, 0.1) is 22.7 Å². The van der Waals surface area contributed by atoms with Gasteiger partial charge in [0.15, 0.2) is 4.96 Å². The third-order valence-corrected chi connectivity index (χ3v) is 7.31. The van der Waals surface area contributed by atoms with Gasteiger partial charge in [-0.3, -0.25) is 4.79 Å². The molecular formula is C23H13FI2N2O2S. The number of halogens is 3. The first kappa shape index (κ1) is 20.8. The van der Waals surface area contributed by atoms with Crippen molar-refractivity contribution in [1.82, 2.24) is 9.38 Å². The number of hydrogen-bond donors (Lipinski definition) is 0. The summed E-state index contributed by atoms with van der Waals surface area (Å²) in [7, 11) is 0. The highest BCUT2D eigenvalue weighted by molar-refractivity contribution is 14.1. The molecule has 2 heterocycles. The average molecular weight is 654 g/mol. The highest BCUT2D eigenvalue weighted by Crippen LogP contribution is 2.30. The lowest BCUT2D eigenvalue weighted by Gasteiger charge is -2.11. The number of para-hydroxylation sites is 2. The number of imidazole rings is 1. The molecule has 0 radical (unpaired) electrons. The maximum atomic E-state index is 13.4. The van der Waals surface area contributed by atoms with Crippen molar-refractivity contribution in [3.05, 3.63) is 99.6 Å². The zero-order valence-electron chi connectivity index (χ0n) is 15.8. The van der Waals surface area contributed by atoms with E-state index in [9.17, 15) is 9.18 Å². The van der Waals surface area contributed by atoms with Crippen LogP contribution in [0.1, 0.15) is 11.1 Å². The second-order valence-corrected chi connectivity index (χ2v) is 10.2. The van der Waals surface area contributed by atoms with Crippen LogP contribution in [0.15, 0.2) is 65.5 Å². The summed E-state index contributed by atoms with van der Waals surface area (Å²) in [5, 5.41) is 0. The third-order valence-electron chi connectivity index (χ3n) is 4.74. The highest BCUT2D eigenvalue weighted by atomic mass is 127. The van der Waals surface area contributed by atoms with E-state index in [0.717, 1.165) is 35.1 Å². The Morgan fingerprint density at radius 1 is 1.06 bits per heavy atom. The predicted octanol–water partition coefficient (Wildman–Crippen LogP) is 5.38. The molecule has 5 rings (SSSR count). The maximum Gasteiger partial charge on any atom is 0.274 e. The summed E-state index contributed by atoms with van der Waals surface area (Å²) < 4.78 is 23.5. The molecule has 0 aliphatic carbocycles. The first-order valence-electron chi connectivity index (χ1n) is 9.27. The Kier molecular flexibility index (Phi) is 5.69. The molecule has 0 unspecified atom stereocenters. The molecule has 5 aromatic rings. The van der Waals surface area contributed by atoms with Crippen LogP contribution in [0.5, 0.6) is 5.75 Å². The van der Waals surface area contributed by atoms with Crippen LogP contribution in [-0.4, -0.2) is 9.38 Å². The number of aromatic nitrogens is 2. The van der Waals surface area contributed by atoms with Crippen LogP contribution < -0.4 is 14.8 Å². The molecule has 0 fully saturated rings. The molecule has 0 spiro atoms. The highest BCUT2D eigenvalue weighted by Gasteiger charge is 2.12. The van der Waals surface area contributed by atoms with Crippen molar-refractivity contribution in [3.8, 4) is 5.75 Å². The van der Waals surface area contributed by atoms with Crippen LogP contribution in [-0.2, 0) is 6.61 Å². The summed E-state index contributed by atoms with van der Waals surface area (Å²) in [6, 6.07) is 18.0. The molecule has 4 nitrogen and oxygen atoms in total. The van der Waals surface area contributed by atoms with Gasteiger partial charge in [-0.25, -0.2) is 13.8 Å². The number of ether oxygens (including phenoxy) is 1. The molecule has 0 saturated carbocycles. The van der Waals surface area contributed by atoms with Crippen LogP contribution >= 0.6 is 56.5 Å². The number of nitrogens with zero attached hydrogens (tertiary/aromatic N) is 2. The van der Waals surface area contributed by atoms with Gasteiger partial charge >= 0.3 is 0 Å². The van der Waals surface area contributed by atoms with E-state index in [1.165, 1.54) is 23.5 Å². The Hall–Kier alpha value is -2.05. The van der Waals surface area contributed by atoms with Crippen molar-refractivity contribution in [3.63, 3.8) is 0 Å². The van der Waals surface area contributed by atoms with E-state index in [0.29, 0.717) is 9.49 Å². The van der Waals surface area contributed by atoms with E-state index < -0.39 is 0 Å². The summed E-state index contributed by atoms with van der Waals surface area (Å²) in [6.45, 7) is 0.284. The lowest BCUT2D eigenvalue weighted by atomic mass is 10.2. The molecule has 3 aromatic carbocycles. The SMILES string of the molecule is O=c1/c(=C/c2cc(I)c(OCc3cccc(F)c3)c(I)c2)sc2nc3ccccc3n12. The Morgan fingerprint density at radius 2 is 1.84 bits per heavy atom. The summed E-state index contributed by atoms with van der Waals surface area (Å²) in [4.78, 5) is 18.2. The van der Waals surface area contributed by atoms with Gasteiger partial charge in [-0.1, -0.05) is 35.6 Å². The van der Waals surface area contributed by atoms with E-state index in [4.69, 9.17) is 4.74 Å². The lowest BCUT2D eigenvalue weighted by molar-refractivity contribution is 0.301. The fourth-order valence-corrected chi connectivity index (χ4v) is 6.46. The van der Waals surface area contributed by atoms with Gasteiger partial charge in [0.1, 0.15) is 18.2 Å².